The zero-order valence-electron chi connectivity index (χ0n) is 10.1. The summed E-state index contributed by atoms with van der Waals surface area (Å²) < 4.78 is 10.1. The van der Waals surface area contributed by atoms with E-state index in [4.69, 9.17) is 9.47 Å². The van der Waals surface area contributed by atoms with Crippen LogP contribution in [0.1, 0.15) is 32.0 Å². The standard InChI is InChI=1S/C11H18N2O3/c1-5-8(14)7(2)11-12-9(15-3)6-10(13-11)16-4/h6-8,14H,5H2,1-4H3. The van der Waals surface area contributed by atoms with Crippen LogP contribution in [0.5, 0.6) is 11.8 Å². The molecule has 1 heterocycles. The first-order chi connectivity index (χ1) is 7.62. The van der Waals surface area contributed by atoms with Crippen molar-refractivity contribution in [3.63, 3.8) is 0 Å². The Morgan fingerprint density at radius 3 is 2.12 bits per heavy atom. The maximum atomic E-state index is 9.75. The van der Waals surface area contributed by atoms with Crippen LogP contribution in [0, 0.1) is 0 Å². The molecule has 16 heavy (non-hydrogen) atoms. The Hall–Kier alpha value is -1.36. The van der Waals surface area contributed by atoms with Crippen LogP contribution in [-0.2, 0) is 0 Å². The summed E-state index contributed by atoms with van der Waals surface area (Å²) in [6.45, 7) is 3.79. The van der Waals surface area contributed by atoms with Crippen LogP contribution in [0.3, 0.4) is 0 Å². The molecule has 0 radical (unpaired) electrons. The van der Waals surface area contributed by atoms with Gasteiger partial charge in [0.25, 0.3) is 0 Å². The zero-order chi connectivity index (χ0) is 12.1. The number of rotatable bonds is 5. The van der Waals surface area contributed by atoms with Crippen molar-refractivity contribution >= 4 is 0 Å². The predicted molar refractivity (Wildman–Crippen MR) is 59.8 cm³/mol. The maximum Gasteiger partial charge on any atom is 0.220 e. The minimum Gasteiger partial charge on any atom is -0.481 e. The lowest BCUT2D eigenvalue weighted by Gasteiger charge is -2.16. The molecule has 5 nitrogen and oxygen atoms in total. The lowest BCUT2D eigenvalue weighted by Crippen LogP contribution is -2.17. The van der Waals surface area contributed by atoms with E-state index in [2.05, 4.69) is 9.97 Å². The first-order valence-electron chi connectivity index (χ1n) is 5.27. The van der Waals surface area contributed by atoms with Gasteiger partial charge in [-0.1, -0.05) is 13.8 Å². The zero-order valence-corrected chi connectivity index (χ0v) is 10.1. The van der Waals surface area contributed by atoms with Gasteiger partial charge in [0, 0.05) is 5.92 Å². The summed E-state index contributed by atoms with van der Waals surface area (Å²) in [5.41, 5.74) is 0. The average Bonchev–Trinajstić information content (AvgIpc) is 2.35. The van der Waals surface area contributed by atoms with Gasteiger partial charge >= 0.3 is 0 Å². The summed E-state index contributed by atoms with van der Waals surface area (Å²) in [7, 11) is 3.07. The van der Waals surface area contributed by atoms with E-state index in [1.807, 2.05) is 13.8 Å². The van der Waals surface area contributed by atoms with Gasteiger partial charge in [0.15, 0.2) is 0 Å². The van der Waals surface area contributed by atoms with Gasteiger partial charge in [0.2, 0.25) is 11.8 Å². The molecule has 0 spiro atoms. The van der Waals surface area contributed by atoms with Crippen molar-refractivity contribution < 1.29 is 14.6 Å². The van der Waals surface area contributed by atoms with Crippen molar-refractivity contribution in [1.82, 2.24) is 9.97 Å². The largest absolute Gasteiger partial charge is 0.481 e. The molecule has 0 fully saturated rings. The van der Waals surface area contributed by atoms with Crippen LogP contribution in [0.15, 0.2) is 6.07 Å². The van der Waals surface area contributed by atoms with E-state index in [-0.39, 0.29) is 5.92 Å². The molecule has 5 heteroatoms. The fourth-order valence-electron chi connectivity index (χ4n) is 1.36. The lowest BCUT2D eigenvalue weighted by atomic mass is 10.0. The van der Waals surface area contributed by atoms with E-state index in [1.165, 1.54) is 14.2 Å². The highest BCUT2D eigenvalue weighted by molar-refractivity contribution is 5.22. The van der Waals surface area contributed by atoms with Crippen molar-refractivity contribution in [2.24, 2.45) is 0 Å². The molecule has 2 unspecified atom stereocenters. The minimum atomic E-state index is -0.461. The van der Waals surface area contributed by atoms with Crippen LogP contribution < -0.4 is 9.47 Å². The third-order valence-corrected chi connectivity index (χ3v) is 2.52. The second-order valence-corrected chi connectivity index (χ2v) is 3.58. The Morgan fingerprint density at radius 1 is 1.25 bits per heavy atom. The van der Waals surface area contributed by atoms with Crippen LogP contribution in [0.4, 0.5) is 0 Å². The first-order valence-corrected chi connectivity index (χ1v) is 5.27. The second kappa shape index (κ2) is 5.65. The predicted octanol–water partition coefficient (Wildman–Crippen LogP) is 1.37. The molecule has 0 bridgehead atoms. The smallest absolute Gasteiger partial charge is 0.220 e. The van der Waals surface area contributed by atoms with Crippen molar-refractivity contribution in [3.05, 3.63) is 11.9 Å². The lowest BCUT2D eigenvalue weighted by molar-refractivity contribution is 0.141. The number of aliphatic hydroxyl groups is 1. The summed E-state index contributed by atoms with van der Waals surface area (Å²) in [4.78, 5) is 8.39. The number of aliphatic hydroxyl groups excluding tert-OH is 1. The van der Waals surface area contributed by atoms with E-state index in [0.29, 0.717) is 24.0 Å². The fraction of sp³-hybridized carbons (Fsp3) is 0.636. The van der Waals surface area contributed by atoms with Crippen LogP contribution >= 0.6 is 0 Å². The molecule has 0 aliphatic heterocycles. The van der Waals surface area contributed by atoms with Crippen molar-refractivity contribution in [2.75, 3.05) is 14.2 Å². The Balaban J connectivity index is 3.02. The minimum absolute atomic E-state index is 0.144. The van der Waals surface area contributed by atoms with E-state index in [0.717, 1.165) is 0 Å². The van der Waals surface area contributed by atoms with Gasteiger partial charge < -0.3 is 14.6 Å². The number of hydrogen-bond acceptors (Lipinski definition) is 5. The Morgan fingerprint density at radius 2 is 1.75 bits per heavy atom. The highest BCUT2D eigenvalue weighted by Crippen LogP contribution is 2.23. The fourth-order valence-corrected chi connectivity index (χ4v) is 1.36. The third-order valence-electron chi connectivity index (χ3n) is 2.52. The quantitative estimate of drug-likeness (QED) is 0.821. The van der Waals surface area contributed by atoms with Gasteiger partial charge in [0.1, 0.15) is 5.82 Å². The molecule has 0 aromatic carbocycles. The summed E-state index contributed by atoms with van der Waals surface area (Å²) in [6.07, 6.45) is 0.196. The molecule has 0 saturated heterocycles. The van der Waals surface area contributed by atoms with Crippen molar-refractivity contribution in [2.45, 2.75) is 32.3 Å². The Labute approximate surface area is 95.4 Å². The highest BCUT2D eigenvalue weighted by Gasteiger charge is 2.19. The summed E-state index contributed by atoms with van der Waals surface area (Å²) in [5.74, 6) is 1.27. The van der Waals surface area contributed by atoms with Crippen molar-refractivity contribution in [1.29, 1.82) is 0 Å². The maximum absolute atomic E-state index is 9.75. The Bertz CT molecular complexity index is 322. The number of aromatic nitrogens is 2. The number of hydrogen-bond donors (Lipinski definition) is 1. The molecule has 90 valence electrons. The third kappa shape index (κ3) is 2.82. The SMILES string of the molecule is CCC(O)C(C)c1nc(OC)cc(OC)n1. The van der Waals surface area contributed by atoms with Crippen LogP contribution in [0.25, 0.3) is 0 Å². The average molecular weight is 226 g/mol. The molecule has 2 atom stereocenters. The Kier molecular flexibility index (Phi) is 4.49. The van der Waals surface area contributed by atoms with Gasteiger partial charge in [0.05, 0.1) is 26.4 Å². The molecule has 0 amide bonds. The molecular weight excluding hydrogens is 208 g/mol. The topological polar surface area (TPSA) is 64.5 Å². The monoisotopic (exact) mass is 226 g/mol. The normalized spacial score (nSPS) is 14.3. The number of methoxy groups -OCH3 is 2. The van der Waals surface area contributed by atoms with E-state index in [1.54, 1.807) is 6.07 Å². The highest BCUT2D eigenvalue weighted by atomic mass is 16.5. The molecule has 1 rings (SSSR count). The van der Waals surface area contributed by atoms with E-state index in [9.17, 15) is 5.11 Å². The molecule has 1 N–H and O–H groups in total. The van der Waals surface area contributed by atoms with E-state index >= 15 is 0 Å². The van der Waals surface area contributed by atoms with Crippen LogP contribution in [0.2, 0.25) is 0 Å². The molecule has 0 aliphatic carbocycles. The number of nitrogens with zero attached hydrogens (tertiary/aromatic N) is 2. The summed E-state index contributed by atoms with van der Waals surface area (Å²) >= 11 is 0. The van der Waals surface area contributed by atoms with Gasteiger partial charge in [-0.3, -0.25) is 0 Å². The van der Waals surface area contributed by atoms with Gasteiger partial charge in [-0.2, -0.15) is 9.97 Å². The number of ether oxygens (including phenoxy) is 2. The molecule has 1 aromatic rings. The van der Waals surface area contributed by atoms with E-state index < -0.39 is 6.10 Å². The van der Waals surface area contributed by atoms with Gasteiger partial charge in [-0.05, 0) is 6.42 Å². The summed E-state index contributed by atoms with van der Waals surface area (Å²) in [5, 5.41) is 9.75. The summed E-state index contributed by atoms with van der Waals surface area (Å²) in [6, 6.07) is 1.61. The first kappa shape index (κ1) is 12.7. The molecular formula is C11H18N2O3. The van der Waals surface area contributed by atoms with Gasteiger partial charge in [-0.25, -0.2) is 0 Å². The van der Waals surface area contributed by atoms with Crippen LogP contribution in [-0.4, -0.2) is 35.4 Å². The van der Waals surface area contributed by atoms with Crippen molar-refractivity contribution in [3.8, 4) is 11.8 Å². The molecule has 0 aliphatic rings. The molecule has 0 saturated carbocycles. The van der Waals surface area contributed by atoms with Gasteiger partial charge in [-0.15, -0.1) is 0 Å². The molecule has 1 aromatic heterocycles. The second-order valence-electron chi connectivity index (χ2n) is 3.58.